The van der Waals surface area contributed by atoms with Crippen LogP contribution in [0.15, 0.2) is 30.3 Å². The van der Waals surface area contributed by atoms with E-state index in [2.05, 4.69) is 10.0 Å². The van der Waals surface area contributed by atoms with Gasteiger partial charge in [0.05, 0.1) is 5.75 Å². The van der Waals surface area contributed by atoms with E-state index in [1.807, 2.05) is 6.92 Å². The van der Waals surface area contributed by atoms with Crippen molar-refractivity contribution >= 4 is 27.9 Å². The third kappa shape index (κ3) is 8.05. The predicted octanol–water partition coefficient (Wildman–Crippen LogP) is 0.739. The van der Waals surface area contributed by atoms with Crippen LogP contribution in [0.3, 0.4) is 0 Å². The number of carbonyl (C=O) groups excluding carboxylic acids is 3. The summed E-state index contributed by atoms with van der Waals surface area (Å²) in [6.45, 7) is 4.44. The summed E-state index contributed by atoms with van der Waals surface area (Å²) >= 11 is 0. The maximum atomic E-state index is 12.8. The van der Waals surface area contributed by atoms with E-state index in [-0.39, 0.29) is 6.54 Å². The second-order valence-electron chi connectivity index (χ2n) is 7.82. The Morgan fingerprint density at radius 2 is 1.65 bits per heavy atom. The van der Waals surface area contributed by atoms with Crippen molar-refractivity contribution in [2.24, 2.45) is 0 Å². The molecule has 5 atom stereocenters. The van der Waals surface area contributed by atoms with E-state index in [1.165, 1.54) is 7.11 Å². The van der Waals surface area contributed by atoms with Crippen LogP contribution in [0.5, 0.6) is 0 Å². The lowest BCUT2D eigenvalue weighted by Gasteiger charge is -2.44. The molecule has 0 unspecified atom stereocenters. The molecule has 1 aromatic carbocycles. The smallest absolute Gasteiger partial charge is 0.303 e. The van der Waals surface area contributed by atoms with Gasteiger partial charge in [-0.25, -0.2) is 13.1 Å². The predicted molar refractivity (Wildman–Crippen MR) is 121 cm³/mol. The first kappa shape index (κ1) is 27.7. The number of methoxy groups -OCH3 is 1. The lowest BCUT2D eigenvalue weighted by Crippen LogP contribution is -2.67. The molecule has 1 aromatic rings. The van der Waals surface area contributed by atoms with Gasteiger partial charge in [-0.1, -0.05) is 31.5 Å². The third-order valence-corrected chi connectivity index (χ3v) is 6.46. The van der Waals surface area contributed by atoms with E-state index in [4.69, 9.17) is 18.9 Å². The standard InChI is InChI=1S/C22H32N2O9S/c1-5-6-12-23-34(28,29)13-17-19(31-14(2)25)20(32-15(3)26)18(22(30-4)33-17)24-21(27)16-10-8-7-9-11-16/h7-11,17-20,22-23H,5-6,12-13H2,1-4H3,(H,24,27)/t17-,18-,19-,20-,22+/m1/s1. The maximum Gasteiger partial charge on any atom is 0.303 e. The number of carbonyl (C=O) groups is 3. The lowest BCUT2D eigenvalue weighted by molar-refractivity contribution is -0.259. The molecule has 1 amide bonds. The molecule has 1 aliphatic heterocycles. The van der Waals surface area contributed by atoms with Crippen LogP contribution in [-0.4, -0.2) is 76.3 Å². The van der Waals surface area contributed by atoms with Crippen molar-refractivity contribution in [3.63, 3.8) is 0 Å². The Morgan fingerprint density at radius 3 is 2.21 bits per heavy atom. The van der Waals surface area contributed by atoms with Crippen molar-refractivity contribution in [3.8, 4) is 0 Å². The molecular weight excluding hydrogens is 468 g/mol. The molecule has 190 valence electrons. The van der Waals surface area contributed by atoms with E-state index >= 15 is 0 Å². The molecule has 0 aliphatic carbocycles. The van der Waals surface area contributed by atoms with Gasteiger partial charge in [0.25, 0.3) is 5.91 Å². The van der Waals surface area contributed by atoms with Crippen LogP contribution in [0.25, 0.3) is 0 Å². The summed E-state index contributed by atoms with van der Waals surface area (Å²) in [5.74, 6) is -2.55. The number of amides is 1. The fraction of sp³-hybridized carbons (Fsp3) is 0.591. The second kappa shape index (κ2) is 12.8. The number of hydrogen-bond acceptors (Lipinski definition) is 9. The van der Waals surface area contributed by atoms with Gasteiger partial charge in [-0.15, -0.1) is 0 Å². The average molecular weight is 501 g/mol. The molecule has 34 heavy (non-hydrogen) atoms. The summed E-state index contributed by atoms with van der Waals surface area (Å²) in [7, 11) is -2.54. The largest absolute Gasteiger partial charge is 0.456 e. The molecule has 2 rings (SSSR count). The van der Waals surface area contributed by atoms with E-state index < -0.39 is 64.3 Å². The topological polar surface area (TPSA) is 146 Å². The van der Waals surface area contributed by atoms with Crippen molar-refractivity contribution in [2.45, 2.75) is 64.3 Å². The number of hydrogen-bond donors (Lipinski definition) is 2. The third-order valence-electron chi connectivity index (χ3n) is 5.05. The molecule has 0 radical (unpaired) electrons. The lowest BCUT2D eigenvalue weighted by atomic mass is 9.96. The van der Waals surface area contributed by atoms with Crippen LogP contribution in [0, 0.1) is 0 Å². The van der Waals surface area contributed by atoms with Crippen LogP contribution < -0.4 is 10.0 Å². The highest BCUT2D eigenvalue weighted by Crippen LogP contribution is 2.28. The molecule has 1 heterocycles. The molecule has 11 nitrogen and oxygen atoms in total. The van der Waals surface area contributed by atoms with Gasteiger partial charge in [0.15, 0.2) is 18.5 Å². The first-order chi connectivity index (χ1) is 16.1. The van der Waals surface area contributed by atoms with Gasteiger partial charge in [-0.2, -0.15) is 0 Å². The van der Waals surface area contributed by atoms with Gasteiger partial charge in [-0.05, 0) is 18.6 Å². The zero-order valence-corrected chi connectivity index (χ0v) is 20.5. The Kier molecular flexibility index (Phi) is 10.4. The summed E-state index contributed by atoms with van der Waals surface area (Å²) in [6.07, 6.45) is -3.59. The number of unbranched alkanes of at least 4 members (excludes halogenated alkanes) is 1. The Hall–Kier alpha value is -2.54. The zero-order valence-electron chi connectivity index (χ0n) is 19.7. The summed E-state index contributed by atoms with van der Waals surface area (Å²) in [4.78, 5) is 36.6. The van der Waals surface area contributed by atoms with Gasteiger partial charge in [-0.3, -0.25) is 14.4 Å². The molecule has 0 saturated carbocycles. The monoisotopic (exact) mass is 500 g/mol. The quantitative estimate of drug-likeness (QED) is 0.332. The number of nitrogens with one attached hydrogen (secondary N) is 2. The molecular formula is C22H32N2O9S. The van der Waals surface area contributed by atoms with Crippen LogP contribution in [0.4, 0.5) is 0 Å². The van der Waals surface area contributed by atoms with E-state index in [0.717, 1.165) is 20.3 Å². The second-order valence-corrected chi connectivity index (χ2v) is 9.67. The van der Waals surface area contributed by atoms with Crippen LogP contribution in [0.2, 0.25) is 0 Å². The normalized spacial score (nSPS) is 24.8. The number of benzene rings is 1. The Balaban J connectivity index is 2.37. The molecule has 0 aromatic heterocycles. The first-order valence-corrected chi connectivity index (χ1v) is 12.6. The van der Waals surface area contributed by atoms with Crippen molar-refractivity contribution in [3.05, 3.63) is 35.9 Å². The summed E-state index contributed by atoms with van der Waals surface area (Å²) < 4.78 is 49.7. The zero-order chi connectivity index (χ0) is 25.3. The Morgan fingerprint density at radius 1 is 1.03 bits per heavy atom. The average Bonchev–Trinajstić information content (AvgIpc) is 2.77. The van der Waals surface area contributed by atoms with Crippen molar-refractivity contribution in [1.82, 2.24) is 10.0 Å². The Bertz CT molecular complexity index is 939. The number of ether oxygens (including phenoxy) is 4. The highest BCUT2D eigenvalue weighted by molar-refractivity contribution is 7.89. The fourth-order valence-electron chi connectivity index (χ4n) is 3.56. The molecule has 12 heteroatoms. The van der Waals surface area contributed by atoms with Gasteiger partial charge in [0.1, 0.15) is 12.1 Å². The van der Waals surface area contributed by atoms with Crippen molar-refractivity contribution < 1.29 is 41.7 Å². The SMILES string of the molecule is CCCCNS(=O)(=O)C[C@H]1O[C@H](OC)[C@H](NC(=O)c2ccccc2)[C@@H](OC(C)=O)[C@@H]1OC(C)=O. The first-order valence-electron chi connectivity index (χ1n) is 10.9. The van der Waals surface area contributed by atoms with Gasteiger partial charge < -0.3 is 24.3 Å². The van der Waals surface area contributed by atoms with E-state index in [1.54, 1.807) is 30.3 Å². The summed E-state index contributed by atoms with van der Waals surface area (Å²) in [5, 5.41) is 2.70. The minimum Gasteiger partial charge on any atom is -0.456 e. The minimum atomic E-state index is -3.84. The van der Waals surface area contributed by atoms with Crippen LogP contribution in [-0.2, 0) is 38.6 Å². The number of esters is 2. The highest BCUT2D eigenvalue weighted by Gasteiger charge is 2.51. The summed E-state index contributed by atoms with van der Waals surface area (Å²) in [5.41, 5.74) is 0.327. The van der Waals surface area contributed by atoms with Crippen molar-refractivity contribution in [1.29, 1.82) is 0 Å². The molecule has 1 saturated heterocycles. The highest BCUT2D eigenvalue weighted by atomic mass is 32.2. The van der Waals surface area contributed by atoms with Crippen LogP contribution >= 0.6 is 0 Å². The van der Waals surface area contributed by atoms with Crippen molar-refractivity contribution in [2.75, 3.05) is 19.4 Å². The molecule has 0 bridgehead atoms. The van der Waals surface area contributed by atoms with E-state index in [0.29, 0.717) is 12.0 Å². The molecule has 0 spiro atoms. The maximum absolute atomic E-state index is 12.8. The molecule has 1 fully saturated rings. The van der Waals surface area contributed by atoms with E-state index in [9.17, 15) is 22.8 Å². The summed E-state index contributed by atoms with van der Waals surface area (Å²) in [6, 6.07) is 7.18. The van der Waals surface area contributed by atoms with Crippen LogP contribution in [0.1, 0.15) is 44.0 Å². The number of sulfonamides is 1. The fourth-order valence-corrected chi connectivity index (χ4v) is 4.84. The molecule has 2 N–H and O–H groups in total. The number of rotatable bonds is 11. The van der Waals surface area contributed by atoms with Gasteiger partial charge in [0, 0.05) is 33.1 Å². The Labute approximate surface area is 199 Å². The molecule has 1 aliphatic rings. The van der Waals surface area contributed by atoms with Gasteiger partial charge in [0.2, 0.25) is 10.0 Å². The van der Waals surface area contributed by atoms with Gasteiger partial charge >= 0.3 is 11.9 Å². The minimum absolute atomic E-state index is 0.237.